The fourth-order valence-corrected chi connectivity index (χ4v) is 7.27. The zero-order valence-electron chi connectivity index (χ0n) is 34.0. The number of hydrogen-bond acceptors (Lipinski definition) is 9. The summed E-state index contributed by atoms with van der Waals surface area (Å²) in [5, 5.41) is 6.36. The van der Waals surface area contributed by atoms with Gasteiger partial charge in [-0.3, -0.25) is 19.1 Å². The number of amides is 4. The zero-order valence-corrected chi connectivity index (χ0v) is 34.8. The molecule has 13 nitrogen and oxygen atoms in total. The molecule has 56 heavy (non-hydrogen) atoms. The smallest absolute Gasteiger partial charge is 0.408 e. The summed E-state index contributed by atoms with van der Waals surface area (Å²) in [5.74, 6) is -1.03. The standard InChI is InChI=1S/C42H55N5O8S/c1-12-26-23-42(26,37(50)46-56(52)41(8,9)10)45-35(48)32-21-28(24-47(32)36(49)34(39(2,3)4)44-38(51)55-40(5,6)7)54-33-22-30(25-16-14-13-15-17-25)43-31-20-27(53-11)18-19-29(31)33/h12-20,22,26,28,32,34H,1,21,23-24H2,2-11H3,(H,44,51)(H,45,48)(H,46,50)/t26?,28-,32+,34-,42-,56?/m1/s1. The number of rotatable bonds is 11. The van der Waals surface area contributed by atoms with Gasteiger partial charge >= 0.3 is 6.09 Å². The molecule has 6 atom stereocenters. The topological polar surface area (TPSA) is 165 Å². The van der Waals surface area contributed by atoms with Crippen molar-refractivity contribution in [3.05, 3.63) is 67.3 Å². The molecule has 2 unspecified atom stereocenters. The molecule has 2 fully saturated rings. The van der Waals surface area contributed by atoms with Gasteiger partial charge in [0.2, 0.25) is 11.8 Å². The second-order valence-corrected chi connectivity index (χ2v) is 19.5. The molecule has 1 aliphatic carbocycles. The highest BCUT2D eigenvalue weighted by Gasteiger charge is 2.61. The average Bonchev–Trinajstić information content (AvgIpc) is 3.67. The molecule has 5 rings (SSSR count). The van der Waals surface area contributed by atoms with E-state index in [-0.39, 0.29) is 19.4 Å². The van der Waals surface area contributed by atoms with Crippen LogP contribution in [-0.2, 0) is 30.1 Å². The third-order valence-corrected chi connectivity index (χ3v) is 11.2. The Morgan fingerprint density at radius 3 is 2.25 bits per heavy atom. The molecule has 1 aromatic heterocycles. The summed E-state index contributed by atoms with van der Waals surface area (Å²) >= 11 is 0. The molecule has 3 aromatic rings. The summed E-state index contributed by atoms with van der Waals surface area (Å²) in [6, 6.07) is 14.7. The second-order valence-electron chi connectivity index (χ2n) is 17.5. The number of carbonyl (C=O) groups is 4. The number of alkyl carbamates (subject to hydrolysis) is 1. The van der Waals surface area contributed by atoms with Gasteiger partial charge in [0.05, 0.1) is 29.6 Å². The number of fused-ring (bicyclic) bond motifs is 1. The predicted octanol–water partition coefficient (Wildman–Crippen LogP) is 5.84. The van der Waals surface area contributed by atoms with Crippen LogP contribution in [0.2, 0.25) is 0 Å². The van der Waals surface area contributed by atoms with Crippen molar-refractivity contribution in [3.8, 4) is 22.8 Å². The molecule has 2 aromatic carbocycles. The average molecular weight is 790 g/mol. The Morgan fingerprint density at radius 2 is 1.68 bits per heavy atom. The first kappa shape index (κ1) is 42.2. The van der Waals surface area contributed by atoms with Crippen LogP contribution in [-0.4, -0.2) is 85.6 Å². The second kappa shape index (κ2) is 15.9. The van der Waals surface area contributed by atoms with Crippen molar-refractivity contribution in [1.29, 1.82) is 0 Å². The first-order valence-corrected chi connectivity index (χ1v) is 19.9. The van der Waals surface area contributed by atoms with E-state index < -0.39 is 80.2 Å². The Morgan fingerprint density at radius 1 is 1.00 bits per heavy atom. The van der Waals surface area contributed by atoms with Gasteiger partial charge in [-0.25, -0.2) is 14.0 Å². The summed E-state index contributed by atoms with van der Waals surface area (Å²) in [6.45, 7) is 19.6. The quantitative estimate of drug-likeness (QED) is 0.203. The minimum atomic E-state index is -1.74. The van der Waals surface area contributed by atoms with Crippen LogP contribution in [0.4, 0.5) is 4.79 Å². The monoisotopic (exact) mass is 789 g/mol. The zero-order chi connectivity index (χ0) is 41.4. The van der Waals surface area contributed by atoms with Gasteiger partial charge in [-0.05, 0) is 65.5 Å². The van der Waals surface area contributed by atoms with E-state index in [1.54, 1.807) is 60.8 Å². The largest absolute Gasteiger partial charge is 0.497 e. The normalized spacial score (nSPS) is 22.0. The molecule has 2 aliphatic rings. The van der Waals surface area contributed by atoms with Crippen molar-refractivity contribution in [2.75, 3.05) is 13.7 Å². The number of nitrogens with one attached hydrogen (secondary N) is 3. The van der Waals surface area contributed by atoms with Gasteiger partial charge in [-0.2, -0.15) is 0 Å². The number of hydrogen-bond donors (Lipinski definition) is 3. The molecule has 14 heteroatoms. The lowest BCUT2D eigenvalue weighted by atomic mass is 9.85. The van der Waals surface area contributed by atoms with Gasteiger partial charge in [-0.1, -0.05) is 57.2 Å². The molecule has 0 bridgehead atoms. The fourth-order valence-electron chi connectivity index (χ4n) is 6.62. The van der Waals surface area contributed by atoms with E-state index in [0.29, 0.717) is 28.1 Å². The van der Waals surface area contributed by atoms with Crippen molar-refractivity contribution in [2.45, 2.75) is 109 Å². The number of aromatic nitrogens is 1. The maximum atomic E-state index is 14.7. The van der Waals surface area contributed by atoms with E-state index in [1.807, 2.05) is 69.3 Å². The van der Waals surface area contributed by atoms with Crippen LogP contribution in [0.15, 0.2) is 67.3 Å². The lowest BCUT2D eigenvalue weighted by Gasteiger charge is -2.36. The number of carbonyl (C=O) groups excluding carboxylic acids is 4. The molecule has 3 N–H and O–H groups in total. The van der Waals surface area contributed by atoms with Gasteiger partial charge in [0.25, 0.3) is 5.91 Å². The summed E-state index contributed by atoms with van der Waals surface area (Å²) in [6.07, 6.45) is 0.417. The third kappa shape index (κ3) is 9.51. The maximum absolute atomic E-state index is 14.7. The van der Waals surface area contributed by atoms with Gasteiger partial charge < -0.3 is 29.7 Å². The van der Waals surface area contributed by atoms with Crippen LogP contribution in [0.25, 0.3) is 22.2 Å². The highest BCUT2D eigenvalue weighted by atomic mass is 32.2. The van der Waals surface area contributed by atoms with Crippen LogP contribution in [0, 0.1) is 11.3 Å². The van der Waals surface area contributed by atoms with E-state index in [2.05, 4.69) is 21.9 Å². The molecule has 0 radical (unpaired) electrons. The van der Waals surface area contributed by atoms with Gasteiger partial charge in [0, 0.05) is 35.4 Å². The summed E-state index contributed by atoms with van der Waals surface area (Å²) < 4.78 is 32.5. The fraction of sp³-hybridized carbons (Fsp3) is 0.500. The molecule has 302 valence electrons. The molecule has 1 saturated heterocycles. The van der Waals surface area contributed by atoms with Crippen LogP contribution < -0.4 is 24.8 Å². The highest BCUT2D eigenvalue weighted by molar-refractivity contribution is 7.85. The third-order valence-electron chi connectivity index (χ3n) is 9.76. The van der Waals surface area contributed by atoms with E-state index in [0.717, 1.165) is 5.56 Å². The molecular formula is C42H55N5O8S. The number of pyridine rings is 1. The van der Waals surface area contributed by atoms with Gasteiger partial charge in [-0.15, -0.1) is 6.58 Å². The first-order chi connectivity index (χ1) is 26.1. The van der Waals surface area contributed by atoms with E-state index >= 15 is 0 Å². The number of likely N-dealkylation sites (tertiary alicyclic amines) is 1. The minimum absolute atomic E-state index is 0.0156. The number of methoxy groups -OCH3 is 1. The summed E-state index contributed by atoms with van der Waals surface area (Å²) in [4.78, 5) is 62.2. The van der Waals surface area contributed by atoms with E-state index in [1.165, 1.54) is 4.90 Å². The SMILES string of the molecule is C=CC1C[C@]1(NC(=O)[C@@H]1C[C@@H](Oc2cc(-c3ccccc3)nc3cc(OC)ccc23)CN1C(=O)[C@@H](NC(=O)OC(C)(C)C)C(C)(C)C)C(=O)NS(=O)C(C)(C)C. The van der Waals surface area contributed by atoms with Crippen molar-refractivity contribution < 1.29 is 37.6 Å². The molecule has 1 aliphatic heterocycles. The van der Waals surface area contributed by atoms with Crippen molar-refractivity contribution in [2.24, 2.45) is 11.3 Å². The molecule has 0 spiro atoms. The number of benzene rings is 2. The van der Waals surface area contributed by atoms with Crippen molar-refractivity contribution >= 4 is 45.7 Å². The van der Waals surface area contributed by atoms with Crippen LogP contribution in [0.1, 0.15) is 75.2 Å². The lowest BCUT2D eigenvalue weighted by molar-refractivity contribution is -0.143. The van der Waals surface area contributed by atoms with E-state index in [4.69, 9.17) is 19.2 Å². The molecule has 4 amide bonds. The Bertz CT molecular complexity index is 2020. The van der Waals surface area contributed by atoms with Crippen LogP contribution >= 0.6 is 0 Å². The Kier molecular flexibility index (Phi) is 12.0. The van der Waals surface area contributed by atoms with Crippen molar-refractivity contribution in [1.82, 2.24) is 25.2 Å². The summed E-state index contributed by atoms with van der Waals surface area (Å²) in [5.41, 5.74) is -0.891. The lowest BCUT2D eigenvalue weighted by Crippen LogP contribution is -2.60. The van der Waals surface area contributed by atoms with Crippen molar-refractivity contribution in [3.63, 3.8) is 0 Å². The highest BCUT2D eigenvalue weighted by Crippen LogP contribution is 2.45. The Hall–Kier alpha value is -4.98. The van der Waals surface area contributed by atoms with Gasteiger partial charge in [0.1, 0.15) is 51.8 Å². The number of nitrogens with zero attached hydrogens (tertiary/aromatic N) is 2. The minimum Gasteiger partial charge on any atom is -0.497 e. The Balaban J connectivity index is 1.52. The molecule has 1 saturated carbocycles. The van der Waals surface area contributed by atoms with Crippen LogP contribution in [0.3, 0.4) is 0 Å². The predicted molar refractivity (Wildman–Crippen MR) is 216 cm³/mol. The molecule has 2 heterocycles. The van der Waals surface area contributed by atoms with Crippen LogP contribution in [0.5, 0.6) is 11.5 Å². The maximum Gasteiger partial charge on any atom is 0.408 e. The first-order valence-electron chi connectivity index (χ1n) is 18.7. The summed E-state index contributed by atoms with van der Waals surface area (Å²) in [7, 11) is -0.167. The van der Waals surface area contributed by atoms with Gasteiger partial charge in [0.15, 0.2) is 0 Å². The Labute approximate surface area is 331 Å². The number of ether oxygens (including phenoxy) is 3. The molecular weight excluding hydrogens is 735 g/mol. The van der Waals surface area contributed by atoms with E-state index in [9.17, 15) is 23.4 Å².